The molecule has 125 heavy (non-hydrogen) atoms. The Morgan fingerprint density at radius 1 is 0.152 bits per heavy atom. The van der Waals surface area contributed by atoms with Crippen LogP contribution in [-0.4, -0.2) is 42.8 Å². The molecular formula is C100H60Co5N20. The van der Waals surface area contributed by atoms with Crippen LogP contribution in [0.4, 0.5) is 0 Å². The Hall–Kier alpha value is -14.5. The zero-order valence-electron chi connectivity index (χ0n) is 65.3. The van der Waals surface area contributed by atoms with E-state index in [9.17, 15) is 0 Å². The average Bonchev–Trinajstić information content (AvgIpc) is 1.71. The van der Waals surface area contributed by atoms with Gasteiger partial charge in [0.25, 0.3) is 0 Å². The van der Waals surface area contributed by atoms with Crippen LogP contribution < -0.4 is 103 Å². The second-order valence-electron chi connectivity index (χ2n) is 28.8. The minimum absolute atomic E-state index is 0. The number of allylic oxidation sites excluding steroid dienone is 12. The predicted octanol–water partition coefficient (Wildman–Crippen LogP) is 9.68. The Bertz CT molecular complexity index is 6940. The van der Waals surface area contributed by atoms with Gasteiger partial charge in [-0.15, -0.1) is 132 Å². The molecule has 0 saturated carbocycles. The Morgan fingerprint density at radius 3 is 0.520 bits per heavy atom. The van der Waals surface area contributed by atoms with E-state index < -0.39 is 0 Å². The molecule has 0 spiro atoms. The summed E-state index contributed by atoms with van der Waals surface area (Å²) in [5, 5.41) is 7.15. The molecule has 25 rings (SSSR count). The standard InChI is InChI=1S/5C20H12N4.5Co/c5*1-2-14-10-16-5-6-18(23-16)12-20-8-7-19(24-20)11-17-4-3-15(22-17)9-13(1)21-14;;;;;/h5*1-12H;;;;;/q2*-4;;2*-2;3*+2;2*+3/b2*13-9-,14-10-,15-9?,16-10?,17-11?,18-12?,19-11-,20-12-;;;;;;;;. The number of rotatable bonds is 0. The van der Waals surface area contributed by atoms with Gasteiger partial charge in [-0.1, -0.05) is 231 Å². The van der Waals surface area contributed by atoms with Crippen molar-refractivity contribution in [1.82, 2.24) is 79.7 Å². The first-order chi connectivity index (χ1) is 59.0. The quantitative estimate of drug-likeness (QED) is 0.137. The maximum Gasteiger partial charge on any atom is 3.00 e. The molecule has 11 aliphatic rings. The van der Waals surface area contributed by atoms with Crippen molar-refractivity contribution < 1.29 is 83.9 Å². The minimum Gasteiger partial charge on any atom is -0.658 e. The van der Waals surface area contributed by atoms with Gasteiger partial charge in [0.2, 0.25) is 0 Å². The predicted molar refractivity (Wildman–Crippen MR) is 476 cm³/mol. The summed E-state index contributed by atoms with van der Waals surface area (Å²) in [4.78, 5) is 91.9. The topological polar surface area (TPSA) is 270 Å². The van der Waals surface area contributed by atoms with Gasteiger partial charge in [-0.05, 0) is 134 Å². The third-order valence-corrected chi connectivity index (χ3v) is 19.6. The second kappa shape index (κ2) is 37.5. The zero-order chi connectivity index (χ0) is 79.7. The number of aromatic nitrogens is 16. The van der Waals surface area contributed by atoms with Crippen LogP contribution in [0.5, 0.6) is 0 Å². The Morgan fingerprint density at radius 2 is 0.328 bits per heavy atom. The molecule has 0 atom stereocenters. The van der Waals surface area contributed by atoms with Crippen molar-refractivity contribution in [2.24, 2.45) is 20.0 Å². The molecule has 25 heteroatoms. The normalized spacial score (nSPS) is 16.3. The molecule has 0 saturated heterocycles. The third-order valence-electron chi connectivity index (χ3n) is 19.6. The van der Waals surface area contributed by atoms with Gasteiger partial charge in [0.1, 0.15) is 0 Å². The van der Waals surface area contributed by atoms with E-state index in [2.05, 4.69) is 99.7 Å². The first kappa shape index (κ1) is 84.2. The number of nitrogens with zero attached hydrogens (tertiary/aromatic N) is 20. The number of hydrogen-bond donors (Lipinski definition) is 0. The summed E-state index contributed by atoms with van der Waals surface area (Å²) in [6, 6.07) is 63.5. The van der Waals surface area contributed by atoms with Gasteiger partial charge in [-0.3, -0.25) is 0 Å². The van der Waals surface area contributed by atoms with Crippen LogP contribution >= 0.6 is 0 Å². The number of hydrogen-bond acceptors (Lipinski definition) is 8. The van der Waals surface area contributed by atoms with Gasteiger partial charge < -0.3 is 59.8 Å². The third kappa shape index (κ3) is 21.0. The molecule has 14 aromatic heterocycles. The summed E-state index contributed by atoms with van der Waals surface area (Å²) < 4.78 is 0. The van der Waals surface area contributed by atoms with Crippen LogP contribution in [0.15, 0.2) is 310 Å². The van der Waals surface area contributed by atoms with Gasteiger partial charge in [0.05, 0.1) is 91.2 Å². The minimum atomic E-state index is 0. The molecule has 0 aliphatic carbocycles. The van der Waals surface area contributed by atoms with Crippen molar-refractivity contribution in [1.29, 1.82) is 0 Å². The Balaban J connectivity index is 0.000000114. The molecule has 40 bridgehead atoms. The smallest absolute Gasteiger partial charge is 0.658 e. The van der Waals surface area contributed by atoms with E-state index in [1.54, 1.807) is 0 Å². The largest absolute Gasteiger partial charge is 3.00 e. The van der Waals surface area contributed by atoms with Crippen molar-refractivity contribution in [2.75, 3.05) is 0 Å². The van der Waals surface area contributed by atoms with Gasteiger partial charge in [0, 0.05) is 0 Å². The molecule has 25 heterocycles. The van der Waals surface area contributed by atoms with E-state index in [1.165, 1.54) is 0 Å². The maximum absolute atomic E-state index is 4.59. The zero-order valence-corrected chi connectivity index (χ0v) is 70.5. The van der Waals surface area contributed by atoms with Gasteiger partial charge in [0.15, 0.2) is 0 Å². The van der Waals surface area contributed by atoms with Crippen molar-refractivity contribution in [3.63, 3.8) is 0 Å². The Labute approximate surface area is 765 Å². The van der Waals surface area contributed by atoms with Crippen molar-refractivity contribution in [3.05, 3.63) is 424 Å². The molecule has 605 valence electrons. The Kier molecular flexibility index (Phi) is 25.2. The van der Waals surface area contributed by atoms with Crippen LogP contribution in [0.25, 0.3) is 141 Å². The van der Waals surface area contributed by atoms with E-state index in [1.807, 2.05) is 364 Å². The molecule has 20 nitrogen and oxygen atoms in total. The van der Waals surface area contributed by atoms with Crippen LogP contribution in [0, 0.1) is 0 Å². The molecule has 0 amide bonds. The fraction of sp³-hybridized carbons (Fsp3) is 0. The van der Waals surface area contributed by atoms with E-state index in [0.29, 0.717) is 0 Å². The van der Waals surface area contributed by atoms with Crippen LogP contribution in [-0.2, 0) is 83.9 Å². The maximum atomic E-state index is 4.59. The van der Waals surface area contributed by atoms with Gasteiger partial charge >= 0.3 is 83.9 Å². The number of aliphatic imine (C=N–C) groups is 4. The molecule has 0 N–H and O–H groups in total. The molecule has 11 aliphatic heterocycles. The summed E-state index contributed by atoms with van der Waals surface area (Å²) in [6.45, 7) is 0. The second-order valence-corrected chi connectivity index (χ2v) is 28.8. The first-order valence-electron chi connectivity index (χ1n) is 38.7. The molecule has 0 unspecified atom stereocenters. The first-order valence-corrected chi connectivity index (χ1v) is 38.7. The summed E-state index contributed by atoms with van der Waals surface area (Å²) >= 11 is 0. The van der Waals surface area contributed by atoms with Crippen molar-refractivity contribution in [3.8, 4) is 0 Å². The molecule has 3 radical (unpaired) electrons. The van der Waals surface area contributed by atoms with Gasteiger partial charge in [-0.2, -0.15) is 0 Å². The summed E-state index contributed by atoms with van der Waals surface area (Å²) in [7, 11) is 0. The summed E-state index contributed by atoms with van der Waals surface area (Å²) in [6.07, 6.45) is 55.5. The fourth-order valence-corrected chi connectivity index (χ4v) is 14.1. The van der Waals surface area contributed by atoms with E-state index >= 15 is 0 Å². The fourth-order valence-electron chi connectivity index (χ4n) is 14.1. The van der Waals surface area contributed by atoms with Crippen LogP contribution in [0.2, 0.25) is 0 Å². The SMILES string of the molecule is C1=CC2=NC1=CC1=NC(=CC3=NC(=CC4=NC(=C2)C=C4)C=C3)C=C1.C1=Cc2cc3ccc(cc4ccc(cc5nc(cc1n2)C=C5)[n-]4)[n-]3.C1=Cc2cc3ccc(cc4ccc(cc5nc(cc1n2)C=C5)[n-]4)[n-]3.C1=c2/cc/c([n-]2)=C/c2ccc([n-]2)/C=c2/cc/c([n-]2)=C/c2ccc/1[n-]2.C1=c2/cc/c([n-]2)=C/c2ccc([n-]2)/C=c2/cc/c([n-]2)=C/c2ccc/1[n-]2.[Co+2].[Co+2].[Co+2].[Co+3].[Co+3]. The monoisotopic (exact) mass is 1840 g/mol. The van der Waals surface area contributed by atoms with E-state index in [4.69, 9.17) is 0 Å². The molecule has 0 fully saturated rings. The summed E-state index contributed by atoms with van der Waals surface area (Å²) in [5.74, 6) is 0. The van der Waals surface area contributed by atoms with Crippen molar-refractivity contribution >= 4 is 164 Å². The molecule has 14 aromatic rings. The van der Waals surface area contributed by atoms with Crippen molar-refractivity contribution in [2.45, 2.75) is 0 Å². The molecular weight excluding hydrogens is 1780 g/mol. The van der Waals surface area contributed by atoms with Crippen LogP contribution in [0.3, 0.4) is 0 Å². The molecule has 0 aromatic carbocycles. The van der Waals surface area contributed by atoms with E-state index in [0.717, 1.165) is 224 Å². The van der Waals surface area contributed by atoms with Gasteiger partial charge in [-0.25, -0.2) is 39.9 Å². The van der Waals surface area contributed by atoms with Crippen LogP contribution in [0.1, 0.15) is 91.1 Å². The summed E-state index contributed by atoms with van der Waals surface area (Å²) in [5.41, 5.74) is 28.6. The number of fused-ring (bicyclic) bond motifs is 36. The van der Waals surface area contributed by atoms with E-state index in [-0.39, 0.29) is 83.9 Å². The average molecular weight is 1840 g/mol.